The van der Waals surface area contributed by atoms with Gasteiger partial charge in [-0.15, -0.1) is 0 Å². The number of carbonyl (C=O) groups is 1. The molecule has 0 saturated carbocycles. The first-order valence-electron chi connectivity index (χ1n) is 9.19. The Bertz CT molecular complexity index is 1040. The van der Waals surface area contributed by atoms with Crippen molar-refractivity contribution in [1.29, 1.82) is 0 Å². The van der Waals surface area contributed by atoms with Gasteiger partial charge in [0.05, 0.1) is 17.4 Å². The predicted molar refractivity (Wildman–Crippen MR) is 120 cm³/mol. The van der Waals surface area contributed by atoms with Gasteiger partial charge in [-0.2, -0.15) is 0 Å². The normalized spacial score (nSPS) is 15.2. The summed E-state index contributed by atoms with van der Waals surface area (Å²) in [5.41, 5.74) is 4.82. The first kappa shape index (κ1) is 18.5. The lowest BCUT2D eigenvalue weighted by Crippen LogP contribution is -2.36. The molecule has 4 rings (SSSR count). The molecule has 0 radical (unpaired) electrons. The molecule has 140 valence electrons. The van der Waals surface area contributed by atoms with Gasteiger partial charge < -0.3 is 4.90 Å². The minimum absolute atomic E-state index is 0.00444. The van der Waals surface area contributed by atoms with E-state index in [0.29, 0.717) is 5.56 Å². The van der Waals surface area contributed by atoms with Crippen molar-refractivity contribution >= 4 is 39.3 Å². The molecule has 0 aliphatic carbocycles. The molecule has 1 atom stereocenters. The molecule has 1 heterocycles. The number of hydrogen-bond donors (Lipinski definition) is 0. The molecule has 1 aliphatic rings. The van der Waals surface area contributed by atoms with E-state index in [1.807, 2.05) is 73.6 Å². The molecule has 0 fully saturated rings. The fraction of sp³-hybridized carbons (Fsp3) is 0.125. The van der Waals surface area contributed by atoms with Crippen LogP contribution in [-0.2, 0) is 0 Å². The maximum Gasteiger partial charge on any atom is 0.259 e. The highest BCUT2D eigenvalue weighted by molar-refractivity contribution is 9.10. The van der Waals surface area contributed by atoms with Crippen molar-refractivity contribution in [3.8, 4) is 0 Å². The number of hydrogen-bond acceptors (Lipinski definition) is 2. The number of fused-ring (bicyclic) bond motifs is 1. The first-order valence-corrected chi connectivity index (χ1v) is 9.98. The monoisotopic (exact) mass is 432 g/mol. The number of carbonyl (C=O) groups excluding carboxylic acids is 1. The summed E-state index contributed by atoms with van der Waals surface area (Å²) in [4.78, 5) is 17.4. The third-order valence-corrected chi connectivity index (χ3v) is 5.60. The Morgan fingerprint density at radius 2 is 1.68 bits per heavy atom. The Balaban J connectivity index is 1.82. The summed E-state index contributed by atoms with van der Waals surface area (Å²) in [5, 5.41) is 0. The molecule has 0 bridgehead atoms. The summed E-state index contributed by atoms with van der Waals surface area (Å²) in [7, 11) is 4.03. The van der Waals surface area contributed by atoms with Crippen LogP contribution in [0, 0.1) is 0 Å². The van der Waals surface area contributed by atoms with E-state index < -0.39 is 0 Å². The van der Waals surface area contributed by atoms with Crippen molar-refractivity contribution in [2.75, 3.05) is 23.9 Å². The van der Waals surface area contributed by atoms with Gasteiger partial charge in [0.15, 0.2) is 0 Å². The summed E-state index contributed by atoms with van der Waals surface area (Å²) in [6.07, 6.45) is 4.20. The van der Waals surface area contributed by atoms with Gasteiger partial charge in [-0.3, -0.25) is 9.69 Å². The summed E-state index contributed by atoms with van der Waals surface area (Å²) in [6.45, 7) is 0. The average molecular weight is 433 g/mol. The minimum atomic E-state index is -0.171. The Labute approximate surface area is 174 Å². The van der Waals surface area contributed by atoms with E-state index >= 15 is 0 Å². The zero-order valence-electron chi connectivity index (χ0n) is 15.8. The second-order valence-electron chi connectivity index (χ2n) is 7.01. The zero-order chi connectivity index (χ0) is 19.7. The molecular formula is C24H21BrN2O. The molecule has 0 spiro atoms. The van der Waals surface area contributed by atoms with E-state index in [2.05, 4.69) is 51.2 Å². The third kappa shape index (κ3) is 3.36. The second-order valence-corrected chi connectivity index (χ2v) is 7.86. The van der Waals surface area contributed by atoms with Gasteiger partial charge in [-0.05, 0) is 57.4 Å². The molecule has 3 nitrogen and oxygen atoms in total. The predicted octanol–water partition coefficient (Wildman–Crippen LogP) is 5.93. The third-order valence-electron chi connectivity index (χ3n) is 4.97. The summed E-state index contributed by atoms with van der Waals surface area (Å²) in [6, 6.07) is 23.6. The lowest BCUT2D eigenvalue weighted by Gasteiger charge is -2.34. The number of benzene rings is 3. The van der Waals surface area contributed by atoms with Crippen LogP contribution in [0.1, 0.15) is 27.5 Å². The quantitative estimate of drug-likeness (QED) is 0.511. The Morgan fingerprint density at radius 3 is 2.39 bits per heavy atom. The molecule has 0 aromatic heterocycles. The van der Waals surface area contributed by atoms with Gasteiger partial charge in [-0.1, -0.05) is 54.6 Å². The van der Waals surface area contributed by atoms with Crippen LogP contribution in [0.25, 0.3) is 6.08 Å². The second kappa shape index (κ2) is 7.64. The summed E-state index contributed by atoms with van der Waals surface area (Å²) >= 11 is 3.68. The van der Waals surface area contributed by atoms with Gasteiger partial charge >= 0.3 is 0 Å². The van der Waals surface area contributed by atoms with E-state index in [-0.39, 0.29) is 11.9 Å². The van der Waals surface area contributed by atoms with E-state index in [1.165, 1.54) is 0 Å². The largest absolute Gasteiger partial charge is 0.377 e. The lowest BCUT2D eigenvalue weighted by molar-refractivity contribution is 0.0980. The molecule has 1 aliphatic heterocycles. The van der Waals surface area contributed by atoms with Crippen LogP contribution >= 0.6 is 15.9 Å². The topological polar surface area (TPSA) is 23.6 Å². The van der Waals surface area contributed by atoms with E-state index in [1.54, 1.807) is 0 Å². The van der Waals surface area contributed by atoms with Crippen molar-refractivity contribution < 1.29 is 4.79 Å². The molecule has 0 unspecified atom stereocenters. The smallest absolute Gasteiger partial charge is 0.259 e. The molecule has 3 aromatic carbocycles. The van der Waals surface area contributed by atoms with Gasteiger partial charge in [0.2, 0.25) is 0 Å². The summed E-state index contributed by atoms with van der Waals surface area (Å²) in [5.74, 6) is -0.00444. The molecule has 0 N–H and O–H groups in total. The molecule has 0 saturated heterocycles. The van der Waals surface area contributed by atoms with Crippen molar-refractivity contribution in [2.24, 2.45) is 0 Å². The molecule has 1 amide bonds. The number of nitrogens with zero attached hydrogens (tertiary/aromatic N) is 2. The van der Waals surface area contributed by atoms with E-state index in [9.17, 15) is 4.79 Å². The van der Waals surface area contributed by atoms with Gasteiger partial charge in [0.1, 0.15) is 0 Å². The standard InChI is InChI=1S/C24H21BrN2O/c1-26(2)23-15-13-19(16-20(23)25)22-14-12-17-8-6-7-11-21(17)27(22)24(28)18-9-4-3-5-10-18/h3-16,22H,1-2H3/t22-/m1/s1. The average Bonchev–Trinajstić information content (AvgIpc) is 2.72. The first-order chi connectivity index (χ1) is 13.6. The van der Waals surface area contributed by atoms with Crippen LogP contribution in [0.4, 0.5) is 11.4 Å². The zero-order valence-corrected chi connectivity index (χ0v) is 17.4. The minimum Gasteiger partial charge on any atom is -0.377 e. The van der Waals surface area contributed by atoms with E-state index in [0.717, 1.165) is 27.0 Å². The maximum absolute atomic E-state index is 13.5. The van der Waals surface area contributed by atoms with Crippen LogP contribution in [0.3, 0.4) is 0 Å². The highest BCUT2D eigenvalue weighted by atomic mass is 79.9. The number of anilines is 2. The maximum atomic E-state index is 13.5. The lowest BCUT2D eigenvalue weighted by atomic mass is 9.96. The van der Waals surface area contributed by atoms with Gasteiger partial charge in [-0.25, -0.2) is 0 Å². The van der Waals surface area contributed by atoms with Crippen LogP contribution in [0.5, 0.6) is 0 Å². The number of rotatable bonds is 3. The van der Waals surface area contributed by atoms with Crippen LogP contribution in [0.15, 0.2) is 83.3 Å². The SMILES string of the molecule is CN(C)c1ccc([C@H]2C=Cc3ccccc3N2C(=O)c2ccccc2)cc1Br. The molecule has 28 heavy (non-hydrogen) atoms. The van der Waals surface area contributed by atoms with Gasteiger partial charge in [0, 0.05) is 24.1 Å². The number of halogens is 1. The van der Waals surface area contributed by atoms with Crippen molar-refractivity contribution in [2.45, 2.75) is 6.04 Å². The Morgan fingerprint density at radius 1 is 0.964 bits per heavy atom. The van der Waals surface area contributed by atoms with Crippen LogP contribution in [0.2, 0.25) is 0 Å². The molecule has 3 aromatic rings. The van der Waals surface area contributed by atoms with Gasteiger partial charge in [0.25, 0.3) is 5.91 Å². The van der Waals surface area contributed by atoms with E-state index in [4.69, 9.17) is 0 Å². The Hall–Kier alpha value is -2.85. The highest BCUT2D eigenvalue weighted by Gasteiger charge is 2.30. The summed E-state index contributed by atoms with van der Waals surface area (Å²) < 4.78 is 1.01. The molecular weight excluding hydrogens is 412 g/mol. The highest BCUT2D eigenvalue weighted by Crippen LogP contribution is 2.39. The fourth-order valence-corrected chi connectivity index (χ4v) is 4.32. The van der Waals surface area contributed by atoms with Crippen molar-refractivity contribution in [1.82, 2.24) is 0 Å². The number of para-hydroxylation sites is 1. The van der Waals surface area contributed by atoms with Crippen molar-refractivity contribution in [3.05, 3.63) is 100 Å². The Kier molecular flexibility index (Phi) is 5.05. The fourth-order valence-electron chi connectivity index (χ4n) is 3.56. The molecule has 4 heteroatoms. The number of amides is 1. The van der Waals surface area contributed by atoms with Crippen LogP contribution in [-0.4, -0.2) is 20.0 Å². The van der Waals surface area contributed by atoms with Crippen molar-refractivity contribution in [3.63, 3.8) is 0 Å². The van der Waals surface area contributed by atoms with Crippen LogP contribution < -0.4 is 9.80 Å².